The molecule has 0 unspecified atom stereocenters. The summed E-state index contributed by atoms with van der Waals surface area (Å²) >= 11 is 0. The molecule has 92 valence electrons. The van der Waals surface area contributed by atoms with E-state index in [1.165, 1.54) is 44.6 Å². The van der Waals surface area contributed by atoms with Gasteiger partial charge in [0.1, 0.15) is 5.91 Å². The largest absolute Gasteiger partial charge is 0.360 e. The van der Waals surface area contributed by atoms with E-state index in [1.807, 2.05) is 0 Å². The fourth-order valence-electron chi connectivity index (χ4n) is 1.67. The van der Waals surface area contributed by atoms with Gasteiger partial charge >= 0.3 is 0 Å². The smallest absolute Gasteiger partial charge is 0.134 e. The molecule has 0 rings (SSSR count). The van der Waals surface area contributed by atoms with Gasteiger partial charge in [0.05, 0.1) is 9.52 Å². The van der Waals surface area contributed by atoms with E-state index in [9.17, 15) is 0 Å². The van der Waals surface area contributed by atoms with Crippen LogP contribution in [-0.2, 0) is 9.47 Å². The molecule has 3 nitrogen and oxygen atoms in total. The van der Waals surface area contributed by atoms with Crippen molar-refractivity contribution in [3.05, 3.63) is 0 Å². The van der Waals surface area contributed by atoms with Crippen LogP contribution >= 0.6 is 0 Å². The van der Waals surface area contributed by atoms with Gasteiger partial charge in [-0.05, 0) is 13.0 Å². The van der Waals surface area contributed by atoms with Crippen molar-refractivity contribution in [2.75, 3.05) is 20.8 Å². The first-order valence-corrected chi connectivity index (χ1v) is 7.92. The zero-order valence-corrected chi connectivity index (χ0v) is 11.7. The summed E-state index contributed by atoms with van der Waals surface area (Å²) in [5, 5.41) is 0. The van der Waals surface area contributed by atoms with Crippen LogP contribution in [0.4, 0.5) is 0 Å². The van der Waals surface area contributed by atoms with Gasteiger partial charge in [0.15, 0.2) is 0 Å². The monoisotopic (exact) mass is 233 g/mol. The molecule has 15 heavy (non-hydrogen) atoms. The number of nitrogens with two attached hydrogens (primary N) is 1. The minimum atomic E-state index is -0.183. The normalized spacial score (nSPS) is 12.0. The van der Waals surface area contributed by atoms with Crippen molar-refractivity contribution in [3.8, 4) is 0 Å². The van der Waals surface area contributed by atoms with E-state index in [0.717, 1.165) is 6.54 Å². The molecule has 0 saturated carbocycles. The van der Waals surface area contributed by atoms with Crippen molar-refractivity contribution in [1.29, 1.82) is 0 Å². The fourth-order valence-corrected chi connectivity index (χ4v) is 3.12. The first kappa shape index (κ1) is 15.1. The molecule has 0 aliphatic rings. The average Bonchev–Trinajstić information content (AvgIpc) is 2.27. The Bertz CT molecular complexity index is 121. The summed E-state index contributed by atoms with van der Waals surface area (Å²) in [5.74, 6) is 0.127. The second-order valence-corrected chi connectivity index (χ2v) is 5.90. The van der Waals surface area contributed by atoms with Crippen LogP contribution in [0.2, 0.25) is 6.04 Å². The summed E-state index contributed by atoms with van der Waals surface area (Å²) < 4.78 is 10.4. The SMILES string of the molecule is COC(OC)[SiH2]CCCCCCCCN. The van der Waals surface area contributed by atoms with E-state index >= 15 is 0 Å². The van der Waals surface area contributed by atoms with Gasteiger partial charge in [0, 0.05) is 14.2 Å². The maximum absolute atomic E-state index is 5.43. The van der Waals surface area contributed by atoms with Gasteiger partial charge in [-0.25, -0.2) is 0 Å². The van der Waals surface area contributed by atoms with Crippen LogP contribution < -0.4 is 5.73 Å². The standard InChI is InChI=1S/C11H27NO2Si/c1-13-11(14-2)15-10-8-6-4-3-5-7-9-12/h11H,3-10,12,15H2,1-2H3. The molecular formula is C11H27NO2Si. The summed E-state index contributed by atoms with van der Waals surface area (Å²) in [6, 6.07) is 1.34. The fraction of sp³-hybridized carbons (Fsp3) is 1.00. The highest BCUT2D eigenvalue weighted by atomic mass is 28.2. The Balaban J connectivity index is 3.04. The predicted molar refractivity (Wildman–Crippen MR) is 67.9 cm³/mol. The van der Waals surface area contributed by atoms with Gasteiger partial charge in [-0.1, -0.05) is 38.1 Å². The topological polar surface area (TPSA) is 44.5 Å². The van der Waals surface area contributed by atoms with Crippen LogP contribution in [0.15, 0.2) is 0 Å². The van der Waals surface area contributed by atoms with Crippen molar-refractivity contribution in [2.45, 2.75) is 50.5 Å². The summed E-state index contributed by atoms with van der Waals surface area (Å²) in [6.07, 6.45) is 7.89. The van der Waals surface area contributed by atoms with Gasteiger partial charge in [0.2, 0.25) is 0 Å². The summed E-state index contributed by atoms with van der Waals surface area (Å²) in [5.41, 5.74) is 5.43. The number of hydrogen-bond donors (Lipinski definition) is 1. The van der Waals surface area contributed by atoms with Crippen LogP contribution in [0.25, 0.3) is 0 Å². The third-order valence-corrected chi connectivity index (χ3v) is 4.72. The first-order valence-electron chi connectivity index (χ1n) is 6.10. The molecule has 0 aromatic carbocycles. The number of ether oxygens (including phenoxy) is 2. The molecule has 0 aromatic rings. The van der Waals surface area contributed by atoms with Gasteiger partial charge in [0.25, 0.3) is 0 Å². The average molecular weight is 233 g/mol. The van der Waals surface area contributed by atoms with Gasteiger partial charge in [-0.2, -0.15) is 0 Å². The molecule has 0 aromatic heterocycles. The highest BCUT2D eigenvalue weighted by Crippen LogP contribution is 2.07. The van der Waals surface area contributed by atoms with E-state index in [0.29, 0.717) is 0 Å². The Kier molecular flexibility index (Phi) is 12.2. The minimum absolute atomic E-state index is 0.127. The van der Waals surface area contributed by atoms with E-state index < -0.39 is 0 Å². The second kappa shape index (κ2) is 12.2. The zero-order valence-electron chi connectivity index (χ0n) is 10.3. The Hall–Kier alpha value is 0.0969. The van der Waals surface area contributed by atoms with E-state index in [-0.39, 0.29) is 15.4 Å². The number of methoxy groups -OCH3 is 2. The Morgan fingerprint density at radius 1 is 0.933 bits per heavy atom. The molecule has 0 aliphatic carbocycles. The lowest BCUT2D eigenvalue weighted by Crippen LogP contribution is -2.20. The molecule has 0 amide bonds. The molecule has 0 bridgehead atoms. The predicted octanol–water partition coefficient (Wildman–Crippen LogP) is 1.45. The summed E-state index contributed by atoms with van der Waals surface area (Å²) in [7, 11) is 3.28. The number of hydrogen-bond acceptors (Lipinski definition) is 3. The molecule has 2 N–H and O–H groups in total. The quantitative estimate of drug-likeness (QED) is 0.334. The van der Waals surface area contributed by atoms with Gasteiger partial charge < -0.3 is 15.2 Å². The Labute approximate surface area is 96.5 Å². The minimum Gasteiger partial charge on any atom is -0.360 e. The molecule has 0 aliphatic heterocycles. The highest BCUT2D eigenvalue weighted by Gasteiger charge is 2.04. The third-order valence-electron chi connectivity index (χ3n) is 2.67. The zero-order chi connectivity index (χ0) is 11.4. The molecule has 4 heteroatoms. The molecular weight excluding hydrogens is 206 g/mol. The van der Waals surface area contributed by atoms with Crippen LogP contribution in [0.5, 0.6) is 0 Å². The molecule has 0 fully saturated rings. The van der Waals surface area contributed by atoms with Crippen LogP contribution in [0, 0.1) is 0 Å². The van der Waals surface area contributed by atoms with Gasteiger partial charge in [-0.3, -0.25) is 0 Å². The molecule has 0 radical (unpaired) electrons. The van der Waals surface area contributed by atoms with Crippen molar-refractivity contribution >= 4 is 9.52 Å². The molecule has 0 saturated heterocycles. The summed E-state index contributed by atoms with van der Waals surface area (Å²) in [4.78, 5) is 0. The van der Waals surface area contributed by atoms with Crippen molar-refractivity contribution < 1.29 is 9.47 Å². The first-order chi connectivity index (χ1) is 7.35. The highest BCUT2D eigenvalue weighted by molar-refractivity contribution is 6.36. The second-order valence-electron chi connectivity index (χ2n) is 3.95. The van der Waals surface area contributed by atoms with Crippen LogP contribution in [-0.4, -0.2) is 36.2 Å². The maximum Gasteiger partial charge on any atom is 0.134 e. The number of rotatable bonds is 11. The van der Waals surface area contributed by atoms with E-state index in [2.05, 4.69) is 0 Å². The molecule has 0 heterocycles. The summed E-state index contributed by atoms with van der Waals surface area (Å²) in [6.45, 7) is 0.844. The van der Waals surface area contributed by atoms with Crippen molar-refractivity contribution in [1.82, 2.24) is 0 Å². The Morgan fingerprint density at radius 3 is 2.00 bits per heavy atom. The van der Waals surface area contributed by atoms with E-state index in [4.69, 9.17) is 15.2 Å². The van der Waals surface area contributed by atoms with Crippen LogP contribution in [0.1, 0.15) is 38.5 Å². The van der Waals surface area contributed by atoms with Gasteiger partial charge in [-0.15, -0.1) is 0 Å². The molecule has 0 atom stereocenters. The Morgan fingerprint density at radius 2 is 1.47 bits per heavy atom. The van der Waals surface area contributed by atoms with Crippen molar-refractivity contribution in [3.63, 3.8) is 0 Å². The third kappa shape index (κ3) is 10.4. The van der Waals surface area contributed by atoms with Crippen LogP contribution in [0.3, 0.4) is 0 Å². The lowest BCUT2D eigenvalue weighted by atomic mass is 10.1. The van der Waals surface area contributed by atoms with E-state index in [1.54, 1.807) is 14.2 Å². The number of unbranched alkanes of at least 4 members (excludes halogenated alkanes) is 5. The molecule has 0 spiro atoms. The lowest BCUT2D eigenvalue weighted by molar-refractivity contribution is -0.0441. The van der Waals surface area contributed by atoms with Crippen molar-refractivity contribution in [2.24, 2.45) is 5.73 Å². The lowest BCUT2D eigenvalue weighted by Gasteiger charge is -2.12. The maximum atomic E-state index is 5.43.